The number of carbonyl (C=O) groups excluding carboxylic acids is 1. The van der Waals surface area contributed by atoms with Gasteiger partial charge in [-0.25, -0.2) is 9.48 Å². The van der Waals surface area contributed by atoms with E-state index in [1.54, 1.807) is 10.9 Å². The number of aromatic nitrogens is 2. The lowest BCUT2D eigenvalue weighted by Crippen LogP contribution is -2.36. The van der Waals surface area contributed by atoms with Crippen LogP contribution in [-0.4, -0.2) is 40.0 Å². The molecule has 4 rings (SSSR count). The minimum atomic E-state index is -0.712. The Morgan fingerprint density at radius 3 is 2.33 bits per heavy atom. The van der Waals surface area contributed by atoms with Crippen LogP contribution in [0.1, 0.15) is 37.0 Å². The fourth-order valence-corrected chi connectivity index (χ4v) is 4.05. The quantitative estimate of drug-likeness (QED) is 0.563. The zero-order valence-corrected chi connectivity index (χ0v) is 18.8. The Kier molecular flexibility index (Phi) is 6.63. The third-order valence-electron chi connectivity index (χ3n) is 6.03. The van der Waals surface area contributed by atoms with E-state index in [-0.39, 0.29) is 12.0 Å². The number of piperidine rings is 1. The molecule has 1 saturated heterocycles. The Morgan fingerprint density at radius 2 is 1.70 bits per heavy atom. The molecule has 2 heterocycles. The molecule has 0 radical (unpaired) electrons. The summed E-state index contributed by atoms with van der Waals surface area (Å²) < 4.78 is 7.21. The van der Waals surface area contributed by atoms with Gasteiger partial charge in [0.1, 0.15) is 11.9 Å². The minimum absolute atomic E-state index is 0.259. The molecule has 1 unspecified atom stereocenters. The van der Waals surface area contributed by atoms with E-state index in [2.05, 4.69) is 15.3 Å². The normalized spacial score (nSPS) is 15.2. The van der Waals surface area contributed by atoms with E-state index in [0.717, 1.165) is 35.6 Å². The second kappa shape index (κ2) is 9.77. The van der Waals surface area contributed by atoms with Crippen molar-refractivity contribution < 1.29 is 19.4 Å². The number of benzene rings is 2. The standard InChI is InChI=1S/C25H28N4O4/c1-17-16-26-29(23(17)27-25(32)33-18(2)19-6-4-3-5-7-19)22-10-8-21(9-11-22)28-14-12-20(13-15-28)24(30)31/h3-11,16,18,20H,12-15H2,1-2H3,(H,27,32)(H,30,31). The molecule has 1 amide bonds. The van der Waals surface area contributed by atoms with E-state index >= 15 is 0 Å². The number of aryl methyl sites for hydroxylation is 1. The van der Waals surface area contributed by atoms with Gasteiger partial charge in [0.25, 0.3) is 0 Å². The van der Waals surface area contributed by atoms with Gasteiger partial charge in [0.2, 0.25) is 0 Å². The van der Waals surface area contributed by atoms with E-state index in [9.17, 15) is 14.7 Å². The molecule has 0 spiro atoms. The monoisotopic (exact) mass is 448 g/mol. The molecule has 8 nitrogen and oxygen atoms in total. The summed E-state index contributed by atoms with van der Waals surface area (Å²) in [7, 11) is 0. The molecule has 33 heavy (non-hydrogen) atoms. The predicted molar refractivity (Wildman–Crippen MR) is 126 cm³/mol. The molecule has 2 N–H and O–H groups in total. The predicted octanol–water partition coefficient (Wildman–Crippen LogP) is 4.79. The molecule has 1 fully saturated rings. The van der Waals surface area contributed by atoms with Crippen LogP contribution in [0.4, 0.5) is 16.3 Å². The zero-order valence-electron chi connectivity index (χ0n) is 18.8. The summed E-state index contributed by atoms with van der Waals surface area (Å²) in [4.78, 5) is 25.9. The van der Waals surface area contributed by atoms with Gasteiger partial charge in [-0.2, -0.15) is 5.10 Å². The minimum Gasteiger partial charge on any atom is -0.481 e. The maximum Gasteiger partial charge on any atom is 0.413 e. The maximum atomic E-state index is 12.5. The van der Waals surface area contributed by atoms with Gasteiger partial charge >= 0.3 is 12.1 Å². The average Bonchev–Trinajstić information content (AvgIpc) is 3.19. The van der Waals surface area contributed by atoms with Crippen molar-refractivity contribution in [2.45, 2.75) is 32.8 Å². The SMILES string of the molecule is Cc1cnn(-c2ccc(N3CCC(C(=O)O)CC3)cc2)c1NC(=O)OC(C)c1ccccc1. The maximum absolute atomic E-state index is 12.5. The van der Waals surface area contributed by atoms with Crippen LogP contribution in [0.15, 0.2) is 60.8 Å². The van der Waals surface area contributed by atoms with Crippen LogP contribution in [0, 0.1) is 12.8 Å². The molecular weight excluding hydrogens is 420 g/mol. The number of rotatable bonds is 6. The largest absolute Gasteiger partial charge is 0.481 e. The summed E-state index contributed by atoms with van der Waals surface area (Å²) in [6, 6.07) is 17.4. The number of aliphatic carboxylic acids is 1. The molecule has 0 bridgehead atoms. The van der Waals surface area contributed by atoms with Gasteiger partial charge < -0.3 is 14.7 Å². The first-order chi connectivity index (χ1) is 15.9. The Morgan fingerprint density at radius 1 is 1.06 bits per heavy atom. The van der Waals surface area contributed by atoms with Crippen LogP contribution in [-0.2, 0) is 9.53 Å². The summed E-state index contributed by atoms with van der Waals surface area (Å²) in [5, 5.41) is 16.4. The van der Waals surface area contributed by atoms with Crippen LogP contribution in [0.25, 0.3) is 5.69 Å². The zero-order chi connectivity index (χ0) is 23.4. The average molecular weight is 449 g/mol. The number of nitrogens with one attached hydrogen (secondary N) is 1. The van der Waals surface area contributed by atoms with Crippen LogP contribution < -0.4 is 10.2 Å². The Labute approximate surface area is 192 Å². The van der Waals surface area contributed by atoms with Gasteiger partial charge in [-0.3, -0.25) is 10.1 Å². The summed E-state index contributed by atoms with van der Waals surface area (Å²) in [5.74, 6) is -0.420. The molecule has 8 heteroatoms. The number of amides is 1. The van der Waals surface area contributed by atoms with Crippen LogP contribution in [0.2, 0.25) is 0 Å². The van der Waals surface area contributed by atoms with Gasteiger partial charge in [0, 0.05) is 24.3 Å². The number of carboxylic acid groups (broad SMARTS) is 1. The molecule has 3 aromatic rings. The van der Waals surface area contributed by atoms with E-state index in [0.29, 0.717) is 18.7 Å². The number of ether oxygens (including phenoxy) is 1. The molecule has 1 aliphatic heterocycles. The highest BCUT2D eigenvalue weighted by Crippen LogP contribution is 2.26. The van der Waals surface area contributed by atoms with Crippen molar-refractivity contribution in [1.29, 1.82) is 0 Å². The van der Waals surface area contributed by atoms with Gasteiger partial charge in [-0.1, -0.05) is 30.3 Å². The number of nitrogens with zero attached hydrogens (tertiary/aromatic N) is 3. The van der Waals surface area contributed by atoms with E-state index in [1.165, 1.54) is 0 Å². The number of hydrogen-bond donors (Lipinski definition) is 2. The fraction of sp³-hybridized carbons (Fsp3) is 0.320. The first kappa shape index (κ1) is 22.4. The van der Waals surface area contributed by atoms with Gasteiger partial charge in [0.15, 0.2) is 0 Å². The second-order valence-electron chi connectivity index (χ2n) is 8.29. The highest BCUT2D eigenvalue weighted by molar-refractivity contribution is 5.85. The van der Waals surface area contributed by atoms with Crippen molar-refractivity contribution in [3.05, 3.63) is 71.9 Å². The van der Waals surface area contributed by atoms with E-state index in [1.807, 2.05) is 68.4 Å². The molecule has 1 aromatic heterocycles. The highest BCUT2D eigenvalue weighted by atomic mass is 16.6. The number of carboxylic acids is 1. The lowest BCUT2D eigenvalue weighted by molar-refractivity contribution is -0.142. The summed E-state index contributed by atoms with van der Waals surface area (Å²) in [6.07, 6.45) is 2.06. The summed E-state index contributed by atoms with van der Waals surface area (Å²) >= 11 is 0. The third kappa shape index (κ3) is 5.16. The summed E-state index contributed by atoms with van der Waals surface area (Å²) in [5.41, 5.74) is 3.58. The second-order valence-corrected chi connectivity index (χ2v) is 8.29. The van der Waals surface area contributed by atoms with Crippen molar-refractivity contribution in [3.8, 4) is 5.69 Å². The first-order valence-electron chi connectivity index (χ1n) is 11.1. The molecule has 172 valence electrons. The molecule has 2 aromatic carbocycles. The first-order valence-corrected chi connectivity index (χ1v) is 11.1. The lowest BCUT2D eigenvalue weighted by atomic mass is 9.97. The van der Waals surface area contributed by atoms with E-state index in [4.69, 9.17) is 4.74 Å². The molecule has 0 aliphatic carbocycles. The number of hydrogen-bond acceptors (Lipinski definition) is 5. The molecule has 1 atom stereocenters. The summed E-state index contributed by atoms with van der Waals surface area (Å²) in [6.45, 7) is 5.14. The molecular formula is C25H28N4O4. The van der Waals surface area contributed by atoms with Crippen LogP contribution in [0.3, 0.4) is 0 Å². The van der Waals surface area contributed by atoms with Crippen molar-refractivity contribution in [2.24, 2.45) is 5.92 Å². The van der Waals surface area contributed by atoms with Crippen LogP contribution in [0.5, 0.6) is 0 Å². The fourth-order valence-electron chi connectivity index (χ4n) is 4.05. The van der Waals surface area contributed by atoms with Crippen molar-refractivity contribution in [2.75, 3.05) is 23.3 Å². The Bertz CT molecular complexity index is 1100. The van der Waals surface area contributed by atoms with Crippen molar-refractivity contribution >= 4 is 23.6 Å². The topological polar surface area (TPSA) is 96.7 Å². The van der Waals surface area contributed by atoms with Crippen molar-refractivity contribution in [3.63, 3.8) is 0 Å². The van der Waals surface area contributed by atoms with Crippen molar-refractivity contribution in [1.82, 2.24) is 9.78 Å². The Balaban J connectivity index is 1.43. The number of anilines is 2. The van der Waals surface area contributed by atoms with Gasteiger partial charge in [-0.15, -0.1) is 0 Å². The van der Waals surface area contributed by atoms with Crippen LogP contribution >= 0.6 is 0 Å². The van der Waals surface area contributed by atoms with Gasteiger partial charge in [0.05, 0.1) is 17.8 Å². The van der Waals surface area contributed by atoms with E-state index < -0.39 is 12.1 Å². The Hall–Kier alpha value is -3.81. The smallest absolute Gasteiger partial charge is 0.413 e. The third-order valence-corrected chi connectivity index (χ3v) is 6.03. The van der Waals surface area contributed by atoms with Gasteiger partial charge in [-0.05, 0) is 56.5 Å². The lowest BCUT2D eigenvalue weighted by Gasteiger charge is -2.32. The highest BCUT2D eigenvalue weighted by Gasteiger charge is 2.24. The molecule has 0 saturated carbocycles. The number of carbonyl (C=O) groups is 2. The molecule has 1 aliphatic rings.